The van der Waals surface area contributed by atoms with E-state index in [1.165, 1.54) is 11.1 Å². The lowest BCUT2D eigenvalue weighted by atomic mass is 10.1. The number of halogens is 3. The number of carbonyl (C=O) groups is 1. The SMILES string of the molecule is CC(C)(C)OC(=O)N1CCC1COc1cncc(C(F)(F)F)c1. The Hall–Kier alpha value is -1.99. The van der Waals surface area contributed by atoms with Crippen LogP contribution in [0.4, 0.5) is 18.0 Å². The number of amides is 1. The second kappa shape index (κ2) is 6.25. The fourth-order valence-corrected chi connectivity index (χ4v) is 2.02. The van der Waals surface area contributed by atoms with E-state index in [-0.39, 0.29) is 18.4 Å². The topological polar surface area (TPSA) is 51.7 Å². The highest BCUT2D eigenvalue weighted by Gasteiger charge is 2.36. The molecular weight excluding hydrogens is 313 g/mol. The van der Waals surface area contributed by atoms with Crippen molar-refractivity contribution in [3.05, 3.63) is 24.0 Å². The summed E-state index contributed by atoms with van der Waals surface area (Å²) in [7, 11) is 0. The molecule has 0 spiro atoms. The lowest BCUT2D eigenvalue weighted by molar-refractivity contribution is -0.138. The minimum Gasteiger partial charge on any atom is -0.490 e. The van der Waals surface area contributed by atoms with Gasteiger partial charge < -0.3 is 14.4 Å². The molecule has 1 amide bonds. The van der Waals surface area contributed by atoms with Crippen molar-refractivity contribution in [2.45, 2.75) is 45.0 Å². The van der Waals surface area contributed by atoms with Crippen LogP contribution in [0.1, 0.15) is 32.8 Å². The van der Waals surface area contributed by atoms with E-state index in [9.17, 15) is 18.0 Å². The number of ether oxygens (including phenoxy) is 2. The van der Waals surface area contributed by atoms with Gasteiger partial charge in [-0.1, -0.05) is 0 Å². The summed E-state index contributed by atoms with van der Waals surface area (Å²) in [6.45, 7) is 5.95. The number of rotatable bonds is 3. The number of likely N-dealkylation sites (tertiary alicyclic amines) is 1. The molecule has 1 saturated heterocycles. The van der Waals surface area contributed by atoms with Crippen molar-refractivity contribution < 1.29 is 27.4 Å². The third-order valence-electron chi connectivity index (χ3n) is 3.25. The van der Waals surface area contributed by atoms with Gasteiger partial charge in [-0.25, -0.2) is 4.79 Å². The Labute approximate surface area is 132 Å². The van der Waals surface area contributed by atoms with Crippen LogP contribution in [-0.4, -0.2) is 40.8 Å². The smallest absolute Gasteiger partial charge is 0.418 e. The zero-order valence-electron chi connectivity index (χ0n) is 13.2. The van der Waals surface area contributed by atoms with Crippen LogP contribution >= 0.6 is 0 Å². The molecule has 1 atom stereocenters. The third-order valence-corrected chi connectivity index (χ3v) is 3.25. The molecule has 0 radical (unpaired) electrons. The Bertz CT molecular complexity index is 570. The quantitative estimate of drug-likeness (QED) is 0.850. The summed E-state index contributed by atoms with van der Waals surface area (Å²) in [4.78, 5) is 17.0. The van der Waals surface area contributed by atoms with Gasteiger partial charge in [-0.05, 0) is 33.3 Å². The van der Waals surface area contributed by atoms with Crippen LogP contribution in [0, 0.1) is 0 Å². The summed E-state index contributed by atoms with van der Waals surface area (Å²) in [6, 6.07) is 0.683. The highest BCUT2D eigenvalue weighted by molar-refractivity contribution is 5.69. The number of aromatic nitrogens is 1. The van der Waals surface area contributed by atoms with E-state index >= 15 is 0 Å². The van der Waals surface area contributed by atoms with E-state index < -0.39 is 23.4 Å². The number of pyridine rings is 1. The van der Waals surface area contributed by atoms with Gasteiger partial charge in [-0.2, -0.15) is 13.2 Å². The van der Waals surface area contributed by atoms with Gasteiger partial charge in [0.15, 0.2) is 0 Å². The summed E-state index contributed by atoms with van der Waals surface area (Å²) >= 11 is 0. The van der Waals surface area contributed by atoms with Crippen molar-refractivity contribution in [3.63, 3.8) is 0 Å². The van der Waals surface area contributed by atoms with E-state index in [2.05, 4.69) is 4.98 Å². The van der Waals surface area contributed by atoms with Crippen LogP contribution < -0.4 is 4.74 Å². The average Bonchev–Trinajstić information content (AvgIpc) is 2.34. The second-order valence-corrected chi connectivity index (χ2v) is 6.33. The molecule has 23 heavy (non-hydrogen) atoms. The van der Waals surface area contributed by atoms with Crippen molar-refractivity contribution in [2.75, 3.05) is 13.2 Å². The predicted octanol–water partition coefficient (Wildman–Crippen LogP) is 3.49. The Balaban J connectivity index is 1.90. The van der Waals surface area contributed by atoms with Gasteiger partial charge in [0, 0.05) is 12.7 Å². The molecule has 2 heterocycles. The fraction of sp³-hybridized carbons (Fsp3) is 0.600. The Morgan fingerprint density at radius 2 is 2.04 bits per heavy atom. The molecule has 0 aliphatic carbocycles. The minimum atomic E-state index is -4.47. The first kappa shape index (κ1) is 17.4. The number of hydrogen-bond donors (Lipinski definition) is 0. The second-order valence-electron chi connectivity index (χ2n) is 6.33. The molecular formula is C15H19F3N2O3. The largest absolute Gasteiger partial charge is 0.490 e. The third kappa shape index (κ3) is 4.74. The molecule has 1 aromatic rings. The molecule has 1 unspecified atom stereocenters. The van der Waals surface area contributed by atoms with Crippen molar-refractivity contribution in [1.82, 2.24) is 9.88 Å². The van der Waals surface area contributed by atoms with Gasteiger partial charge in [0.05, 0.1) is 17.8 Å². The fourth-order valence-electron chi connectivity index (χ4n) is 2.02. The molecule has 128 valence electrons. The van der Waals surface area contributed by atoms with Crippen LogP contribution in [0.15, 0.2) is 18.5 Å². The molecule has 0 aromatic carbocycles. The van der Waals surface area contributed by atoms with Gasteiger partial charge in [0.1, 0.15) is 18.0 Å². The first-order valence-corrected chi connectivity index (χ1v) is 7.21. The number of nitrogens with zero attached hydrogens (tertiary/aromatic N) is 2. The summed E-state index contributed by atoms with van der Waals surface area (Å²) in [5, 5.41) is 0. The van der Waals surface area contributed by atoms with E-state index in [1.807, 2.05) is 0 Å². The van der Waals surface area contributed by atoms with Gasteiger partial charge in [0.25, 0.3) is 0 Å². The Morgan fingerprint density at radius 3 is 2.57 bits per heavy atom. The molecule has 0 saturated carbocycles. The summed E-state index contributed by atoms with van der Waals surface area (Å²) in [5.41, 5.74) is -1.46. The molecule has 1 aromatic heterocycles. The van der Waals surface area contributed by atoms with Crippen LogP contribution in [0.5, 0.6) is 5.75 Å². The van der Waals surface area contributed by atoms with Gasteiger partial charge >= 0.3 is 12.3 Å². The van der Waals surface area contributed by atoms with Gasteiger partial charge in [0.2, 0.25) is 0 Å². The highest BCUT2D eigenvalue weighted by atomic mass is 19.4. The first-order valence-electron chi connectivity index (χ1n) is 7.21. The van der Waals surface area contributed by atoms with Crippen molar-refractivity contribution in [3.8, 4) is 5.75 Å². The maximum atomic E-state index is 12.6. The molecule has 1 aliphatic heterocycles. The van der Waals surface area contributed by atoms with E-state index in [0.29, 0.717) is 13.0 Å². The molecule has 1 aliphatic rings. The summed E-state index contributed by atoms with van der Waals surface area (Å²) in [5.74, 6) is 0.0239. The van der Waals surface area contributed by atoms with Crippen LogP contribution in [0.25, 0.3) is 0 Å². The zero-order chi connectivity index (χ0) is 17.3. The first-order chi connectivity index (χ1) is 10.6. The maximum absolute atomic E-state index is 12.6. The molecule has 0 N–H and O–H groups in total. The highest BCUT2D eigenvalue weighted by Crippen LogP contribution is 2.31. The lowest BCUT2D eigenvalue weighted by Crippen LogP contribution is -2.55. The number of carbonyl (C=O) groups excluding carboxylic acids is 1. The van der Waals surface area contributed by atoms with Crippen molar-refractivity contribution in [2.24, 2.45) is 0 Å². The zero-order valence-corrected chi connectivity index (χ0v) is 13.2. The predicted molar refractivity (Wildman–Crippen MR) is 76.1 cm³/mol. The average molecular weight is 332 g/mol. The molecule has 8 heteroatoms. The molecule has 2 rings (SSSR count). The normalized spacial score (nSPS) is 18.3. The number of hydrogen-bond acceptors (Lipinski definition) is 4. The summed E-state index contributed by atoms with van der Waals surface area (Å²) in [6.07, 6.45) is -2.24. The van der Waals surface area contributed by atoms with Gasteiger partial charge in [-0.3, -0.25) is 4.98 Å². The molecule has 0 bridgehead atoms. The number of alkyl halides is 3. The van der Waals surface area contributed by atoms with E-state index in [4.69, 9.17) is 9.47 Å². The lowest BCUT2D eigenvalue weighted by Gasteiger charge is -2.40. The minimum absolute atomic E-state index is 0.0239. The van der Waals surface area contributed by atoms with E-state index in [1.54, 1.807) is 20.8 Å². The van der Waals surface area contributed by atoms with Gasteiger partial charge in [-0.15, -0.1) is 0 Å². The maximum Gasteiger partial charge on any atom is 0.418 e. The van der Waals surface area contributed by atoms with E-state index in [0.717, 1.165) is 12.3 Å². The molecule has 5 nitrogen and oxygen atoms in total. The summed E-state index contributed by atoms with van der Waals surface area (Å²) < 4.78 is 48.4. The Kier molecular flexibility index (Phi) is 4.72. The Morgan fingerprint density at radius 1 is 1.35 bits per heavy atom. The van der Waals surface area contributed by atoms with Crippen LogP contribution in [-0.2, 0) is 10.9 Å². The standard InChI is InChI=1S/C15H19F3N2O3/c1-14(2,3)23-13(21)20-5-4-11(20)9-22-12-6-10(7-19-8-12)15(16,17)18/h6-8,11H,4-5,9H2,1-3H3. The van der Waals surface area contributed by atoms with Crippen molar-refractivity contribution in [1.29, 1.82) is 0 Å². The van der Waals surface area contributed by atoms with Crippen molar-refractivity contribution >= 4 is 6.09 Å². The monoisotopic (exact) mass is 332 g/mol. The van der Waals surface area contributed by atoms with Crippen LogP contribution in [0.2, 0.25) is 0 Å². The van der Waals surface area contributed by atoms with Crippen LogP contribution in [0.3, 0.4) is 0 Å². The molecule has 1 fully saturated rings.